The van der Waals surface area contributed by atoms with Crippen molar-refractivity contribution in [1.29, 1.82) is 0 Å². The number of carbonyl (C=O) groups is 1. The quantitative estimate of drug-likeness (QED) is 0.433. The maximum atomic E-state index is 13.9. The topological polar surface area (TPSA) is 50.4 Å². The first-order chi connectivity index (χ1) is 15.5. The van der Waals surface area contributed by atoms with Crippen molar-refractivity contribution in [2.75, 3.05) is 17.7 Å². The van der Waals surface area contributed by atoms with Gasteiger partial charge < -0.3 is 15.4 Å². The molecule has 0 aromatic heterocycles. The van der Waals surface area contributed by atoms with Crippen molar-refractivity contribution >= 4 is 33.1 Å². The molecule has 6 heteroatoms. The molecule has 32 heavy (non-hydrogen) atoms. The number of allylic oxidation sites excluding steroid dienone is 1. The van der Waals surface area contributed by atoms with Crippen molar-refractivity contribution in [2.45, 2.75) is 24.8 Å². The summed E-state index contributed by atoms with van der Waals surface area (Å²) in [7, 11) is 1.65. The molecule has 162 valence electrons. The zero-order valence-corrected chi connectivity index (χ0v) is 19.1. The summed E-state index contributed by atoms with van der Waals surface area (Å²) < 4.78 is 19.7. The number of halogens is 2. The van der Waals surface area contributed by atoms with Crippen LogP contribution in [-0.2, 0) is 4.79 Å². The van der Waals surface area contributed by atoms with Gasteiger partial charge in [0.05, 0.1) is 29.0 Å². The highest BCUT2D eigenvalue weighted by molar-refractivity contribution is 9.10. The van der Waals surface area contributed by atoms with Gasteiger partial charge in [-0.15, -0.1) is 0 Å². The first-order valence-corrected chi connectivity index (χ1v) is 11.3. The summed E-state index contributed by atoms with van der Waals surface area (Å²) in [4.78, 5) is 13.6. The number of ether oxygens (including phenoxy) is 1. The van der Waals surface area contributed by atoms with Gasteiger partial charge in [0.15, 0.2) is 5.78 Å². The Morgan fingerprint density at radius 2 is 1.78 bits per heavy atom. The van der Waals surface area contributed by atoms with Crippen molar-refractivity contribution in [3.63, 3.8) is 0 Å². The number of hydrogen-bond acceptors (Lipinski definition) is 4. The van der Waals surface area contributed by atoms with Gasteiger partial charge in [-0.05, 0) is 75.8 Å². The lowest BCUT2D eigenvalue weighted by atomic mass is 9.78. The zero-order chi connectivity index (χ0) is 22.2. The molecule has 0 radical (unpaired) electrons. The lowest BCUT2D eigenvalue weighted by molar-refractivity contribution is -0.116. The van der Waals surface area contributed by atoms with E-state index in [0.717, 1.165) is 33.9 Å². The van der Waals surface area contributed by atoms with Crippen LogP contribution in [0, 0.1) is 5.82 Å². The number of carbonyl (C=O) groups excluding carboxylic acids is 1. The molecule has 0 saturated carbocycles. The van der Waals surface area contributed by atoms with E-state index in [-0.39, 0.29) is 23.6 Å². The van der Waals surface area contributed by atoms with Crippen LogP contribution in [0.25, 0.3) is 0 Å². The Morgan fingerprint density at radius 3 is 2.56 bits per heavy atom. The molecule has 2 unspecified atom stereocenters. The molecular weight excluding hydrogens is 471 g/mol. The highest BCUT2D eigenvalue weighted by atomic mass is 79.9. The third kappa shape index (κ3) is 3.79. The SMILES string of the molecule is COc1cccc(C2CC(=O)C3=C(C2)Nc2ccccc2NC3c2ccc(F)c(Br)c2)c1. The minimum Gasteiger partial charge on any atom is -0.497 e. The summed E-state index contributed by atoms with van der Waals surface area (Å²) in [6.45, 7) is 0. The number of hydrogen-bond donors (Lipinski definition) is 2. The van der Waals surface area contributed by atoms with Crippen LogP contribution in [0.2, 0.25) is 0 Å². The molecule has 0 fully saturated rings. The monoisotopic (exact) mass is 492 g/mol. The van der Waals surface area contributed by atoms with Gasteiger partial charge in [0.1, 0.15) is 11.6 Å². The lowest BCUT2D eigenvalue weighted by Crippen LogP contribution is -2.27. The van der Waals surface area contributed by atoms with E-state index in [4.69, 9.17) is 4.74 Å². The third-order valence-corrected chi connectivity index (χ3v) is 6.76. The Bertz CT molecular complexity index is 1240. The molecular formula is C26H22BrFN2O2. The number of nitrogens with one attached hydrogen (secondary N) is 2. The molecule has 2 N–H and O–H groups in total. The number of anilines is 2. The van der Waals surface area contributed by atoms with Gasteiger partial charge in [-0.2, -0.15) is 0 Å². The average molecular weight is 493 g/mol. The van der Waals surface area contributed by atoms with E-state index in [1.807, 2.05) is 48.5 Å². The molecule has 1 aliphatic heterocycles. The maximum absolute atomic E-state index is 13.9. The fourth-order valence-electron chi connectivity index (χ4n) is 4.57. The molecule has 3 aromatic carbocycles. The minimum absolute atomic E-state index is 0.0507. The van der Waals surface area contributed by atoms with Crippen LogP contribution >= 0.6 is 15.9 Å². The van der Waals surface area contributed by atoms with Gasteiger partial charge in [0.2, 0.25) is 0 Å². The van der Waals surface area contributed by atoms with Crippen LogP contribution in [0.4, 0.5) is 15.8 Å². The summed E-state index contributed by atoms with van der Waals surface area (Å²) in [5, 5.41) is 7.05. The van der Waals surface area contributed by atoms with E-state index >= 15 is 0 Å². The minimum atomic E-state index is -0.378. The van der Waals surface area contributed by atoms with Crippen LogP contribution in [0.3, 0.4) is 0 Å². The molecule has 2 aliphatic rings. The Labute approximate surface area is 194 Å². The Morgan fingerprint density at radius 1 is 0.969 bits per heavy atom. The van der Waals surface area contributed by atoms with Crippen molar-refractivity contribution in [3.05, 3.63) is 99.4 Å². The van der Waals surface area contributed by atoms with Crippen molar-refractivity contribution < 1.29 is 13.9 Å². The van der Waals surface area contributed by atoms with E-state index in [2.05, 4.69) is 26.6 Å². The summed E-state index contributed by atoms with van der Waals surface area (Å²) in [5.41, 5.74) is 5.34. The van der Waals surface area contributed by atoms with Crippen molar-refractivity contribution in [1.82, 2.24) is 0 Å². The van der Waals surface area contributed by atoms with E-state index in [1.165, 1.54) is 6.07 Å². The van der Waals surface area contributed by atoms with E-state index in [0.29, 0.717) is 22.9 Å². The first-order valence-electron chi connectivity index (χ1n) is 10.5. The van der Waals surface area contributed by atoms with E-state index in [1.54, 1.807) is 19.2 Å². The van der Waals surface area contributed by atoms with Crippen LogP contribution in [0.5, 0.6) is 5.75 Å². The second-order valence-corrected chi connectivity index (χ2v) is 8.97. The highest BCUT2D eigenvalue weighted by Crippen LogP contribution is 2.44. The number of methoxy groups -OCH3 is 1. The standard InChI is InChI=1S/C26H22BrFN2O2/c1-32-18-6-4-5-15(11-18)17-13-23-25(24(31)14-17)26(16-9-10-20(28)19(27)12-16)30-22-8-3-2-7-21(22)29-23/h2-12,17,26,29-30H,13-14H2,1H3. The fraction of sp³-hybridized carbons (Fsp3) is 0.192. The van der Waals surface area contributed by atoms with Crippen LogP contribution < -0.4 is 15.4 Å². The lowest BCUT2D eigenvalue weighted by Gasteiger charge is -2.30. The molecule has 3 aromatic rings. The predicted molar refractivity (Wildman–Crippen MR) is 128 cm³/mol. The van der Waals surface area contributed by atoms with Gasteiger partial charge in [-0.1, -0.05) is 30.3 Å². The largest absolute Gasteiger partial charge is 0.497 e. The highest BCUT2D eigenvalue weighted by Gasteiger charge is 2.36. The molecule has 0 spiro atoms. The maximum Gasteiger partial charge on any atom is 0.163 e. The second-order valence-electron chi connectivity index (χ2n) is 8.12. The Hall–Kier alpha value is -3.12. The summed E-state index contributed by atoms with van der Waals surface area (Å²) in [5.74, 6) is 0.583. The molecule has 0 saturated heterocycles. The third-order valence-electron chi connectivity index (χ3n) is 6.15. The predicted octanol–water partition coefficient (Wildman–Crippen LogP) is 6.58. The summed E-state index contributed by atoms with van der Waals surface area (Å²) in [6, 6.07) is 20.3. The molecule has 2 atom stereocenters. The normalized spacial score (nSPS) is 19.9. The molecule has 0 bridgehead atoms. The van der Waals surface area contributed by atoms with Gasteiger partial charge in [0, 0.05) is 17.7 Å². The van der Waals surface area contributed by atoms with Gasteiger partial charge >= 0.3 is 0 Å². The molecule has 0 amide bonds. The zero-order valence-electron chi connectivity index (χ0n) is 17.5. The summed E-state index contributed by atoms with van der Waals surface area (Å²) >= 11 is 3.29. The first kappa shape index (κ1) is 20.8. The van der Waals surface area contributed by atoms with Gasteiger partial charge in [0.25, 0.3) is 0 Å². The summed E-state index contributed by atoms with van der Waals surface area (Å²) in [6.07, 6.45) is 1.10. The van der Waals surface area contributed by atoms with Crippen molar-refractivity contribution in [3.8, 4) is 5.75 Å². The smallest absolute Gasteiger partial charge is 0.163 e. The number of Topliss-reactive ketones (excluding diaryl/α,β-unsaturated/α-hetero) is 1. The number of fused-ring (bicyclic) bond motifs is 1. The van der Waals surface area contributed by atoms with Gasteiger partial charge in [-0.3, -0.25) is 4.79 Å². The molecule has 5 rings (SSSR count). The van der Waals surface area contributed by atoms with Crippen LogP contribution in [0.1, 0.15) is 35.9 Å². The molecule has 1 heterocycles. The second kappa shape index (κ2) is 8.43. The molecule has 4 nitrogen and oxygen atoms in total. The number of ketones is 1. The Kier molecular flexibility index (Phi) is 5.47. The van der Waals surface area contributed by atoms with E-state index in [9.17, 15) is 9.18 Å². The van der Waals surface area contributed by atoms with E-state index < -0.39 is 0 Å². The number of para-hydroxylation sites is 2. The fourth-order valence-corrected chi connectivity index (χ4v) is 4.96. The Balaban J connectivity index is 1.60. The average Bonchev–Trinajstić information content (AvgIpc) is 2.98. The number of benzene rings is 3. The number of rotatable bonds is 3. The molecule has 1 aliphatic carbocycles. The van der Waals surface area contributed by atoms with Crippen LogP contribution in [0.15, 0.2) is 82.5 Å². The van der Waals surface area contributed by atoms with Crippen LogP contribution in [-0.4, -0.2) is 12.9 Å². The van der Waals surface area contributed by atoms with Crippen molar-refractivity contribution in [2.24, 2.45) is 0 Å². The van der Waals surface area contributed by atoms with Gasteiger partial charge in [-0.25, -0.2) is 4.39 Å².